The van der Waals surface area contributed by atoms with Crippen LogP contribution < -0.4 is 5.32 Å². The van der Waals surface area contributed by atoms with Gasteiger partial charge in [-0.25, -0.2) is 4.98 Å². The van der Waals surface area contributed by atoms with Crippen molar-refractivity contribution in [2.24, 2.45) is 0 Å². The van der Waals surface area contributed by atoms with Crippen LogP contribution in [0.3, 0.4) is 0 Å². The van der Waals surface area contributed by atoms with Gasteiger partial charge in [-0.2, -0.15) is 13.2 Å². The first-order valence-electron chi connectivity index (χ1n) is 9.00. The van der Waals surface area contributed by atoms with Gasteiger partial charge < -0.3 is 5.32 Å². The van der Waals surface area contributed by atoms with Crippen molar-refractivity contribution < 1.29 is 13.2 Å². The number of anilines is 1. The van der Waals surface area contributed by atoms with E-state index in [0.717, 1.165) is 32.1 Å². The summed E-state index contributed by atoms with van der Waals surface area (Å²) >= 11 is 0. The van der Waals surface area contributed by atoms with E-state index in [1.54, 1.807) is 12.3 Å². The van der Waals surface area contributed by atoms with Crippen LogP contribution in [0.5, 0.6) is 0 Å². The van der Waals surface area contributed by atoms with Crippen molar-refractivity contribution >= 4 is 16.6 Å². The molecule has 0 atom stereocenters. The molecule has 0 bridgehead atoms. The highest BCUT2D eigenvalue weighted by Gasteiger charge is 2.30. The van der Waals surface area contributed by atoms with Crippen molar-refractivity contribution in [3.63, 3.8) is 0 Å². The van der Waals surface area contributed by atoms with E-state index in [1.165, 1.54) is 23.3 Å². The summed E-state index contributed by atoms with van der Waals surface area (Å²) < 4.78 is 38.7. The number of benzene rings is 2. The predicted octanol–water partition coefficient (Wildman–Crippen LogP) is 4.72. The molecule has 1 aliphatic heterocycles. The number of nitrogens with zero attached hydrogens (tertiary/aromatic N) is 2. The molecule has 3 aromatic rings. The lowest BCUT2D eigenvalue weighted by molar-refractivity contribution is -0.137. The Labute approximate surface area is 155 Å². The Morgan fingerprint density at radius 1 is 1.04 bits per heavy atom. The van der Waals surface area contributed by atoms with Gasteiger partial charge in [0.15, 0.2) is 0 Å². The molecule has 6 heteroatoms. The maximum absolute atomic E-state index is 12.9. The second kappa shape index (κ2) is 7.19. The zero-order valence-corrected chi connectivity index (χ0v) is 14.8. The highest BCUT2D eigenvalue weighted by Crippen LogP contribution is 2.32. The zero-order valence-electron chi connectivity index (χ0n) is 14.8. The summed E-state index contributed by atoms with van der Waals surface area (Å²) in [6.45, 7) is 3.48. The van der Waals surface area contributed by atoms with Crippen LogP contribution in [0.2, 0.25) is 0 Å². The van der Waals surface area contributed by atoms with Gasteiger partial charge in [-0.15, -0.1) is 0 Å². The lowest BCUT2D eigenvalue weighted by Gasteiger charge is -2.28. The van der Waals surface area contributed by atoms with E-state index >= 15 is 0 Å². The number of nitrogens with one attached hydrogen (secondary N) is 1. The standard InChI is InChI=1S/C21H20F3N3/c22-21(23,24)18-5-6-19-16(13-18)7-9-25-20(19)26-10-12-27-11-8-15-3-1-2-4-17(15)14-27/h1-7,9,13H,8,10-12,14H2,(H,25,26). The summed E-state index contributed by atoms with van der Waals surface area (Å²) in [5, 5.41) is 4.52. The molecular formula is C21H20F3N3. The van der Waals surface area contributed by atoms with E-state index in [-0.39, 0.29) is 0 Å². The fourth-order valence-electron chi connectivity index (χ4n) is 3.57. The van der Waals surface area contributed by atoms with Crippen LogP contribution in [-0.4, -0.2) is 29.5 Å². The lowest BCUT2D eigenvalue weighted by atomic mass is 10.00. The van der Waals surface area contributed by atoms with Gasteiger partial charge in [0.25, 0.3) is 0 Å². The first-order chi connectivity index (χ1) is 13.0. The van der Waals surface area contributed by atoms with Gasteiger partial charge in [0, 0.05) is 37.8 Å². The summed E-state index contributed by atoms with van der Waals surface area (Å²) in [4.78, 5) is 6.68. The molecule has 140 valence electrons. The quantitative estimate of drug-likeness (QED) is 0.719. The molecule has 0 radical (unpaired) electrons. The Morgan fingerprint density at radius 3 is 2.67 bits per heavy atom. The lowest BCUT2D eigenvalue weighted by Crippen LogP contribution is -2.34. The fraction of sp³-hybridized carbons (Fsp3) is 0.286. The van der Waals surface area contributed by atoms with Crippen molar-refractivity contribution in [3.05, 3.63) is 71.4 Å². The van der Waals surface area contributed by atoms with Gasteiger partial charge in [-0.05, 0) is 41.1 Å². The Bertz CT molecular complexity index is 953. The van der Waals surface area contributed by atoms with Gasteiger partial charge in [-0.3, -0.25) is 4.90 Å². The van der Waals surface area contributed by atoms with Crippen LogP contribution in [0.4, 0.5) is 19.0 Å². The molecule has 2 heterocycles. The Balaban J connectivity index is 1.42. The monoisotopic (exact) mass is 371 g/mol. The third kappa shape index (κ3) is 3.90. The number of fused-ring (bicyclic) bond motifs is 2. The summed E-state index contributed by atoms with van der Waals surface area (Å²) in [5.41, 5.74) is 2.14. The van der Waals surface area contributed by atoms with Crippen molar-refractivity contribution in [3.8, 4) is 0 Å². The average molecular weight is 371 g/mol. The van der Waals surface area contributed by atoms with E-state index in [9.17, 15) is 13.2 Å². The van der Waals surface area contributed by atoms with Crippen molar-refractivity contribution in [1.29, 1.82) is 0 Å². The number of hydrogen-bond acceptors (Lipinski definition) is 3. The predicted molar refractivity (Wildman–Crippen MR) is 101 cm³/mol. The molecule has 0 amide bonds. The fourth-order valence-corrected chi connectivity index (χ4v) is 3.57. The van der Waals surface area contributed by atoms with E-state index in [4.69, 9.17) is 0 Å². The van der Waals surface area contributed by atoms with Crippen LogP contribution in [-0.2, 0) is 19.1 Å². The van der Waals surface area contributed by atoms with E-state index < -0.39 is 11.7 Å². The maximum Gasteiger partial charge on any atom is 0.416 e. The topological polar surface area (TPSA) is 28.2 Å². The molecule has 4 rings (SSSR count). The van der Waals surface area contributed by atoms with Crippen molar-refractivity contribution in [2.75, 3.05) is 25.0 Å². The highest BCUT2D eigenvalue weighted by atomic mass is 19.4. The number of alkyl halides is 3. The molecule has 27 heavy (non-hydrogen) atoms. The molecule has 3 nitrogen and oxygen atoms in total. The third-order valence-electron chi connectivity index (χ3n) is 5.02. The van der Waals surface area contributed by atoms with E-state index in [2.05, 4.69) is 39.5 Å². The largest absolute Gasteiger partial charge is 0.416 e. The molecule has 0 fully saturated rings. The first kappa shape index (κ1) is 17.8. The molecule has 1 aliphatic rings. The minimum atomic E-state index is -4.34. The second-order valence-electron chi connectivity index (χ2n) is 6.81. The summed E-state index contributed by atoms with van der Waals surface area (Å²) in [6, 6.07) is 13.9. The number of pyridine rings is 1. The van der Waals surface area contributed by atoms with Gasteiger partial charge >= 0.3 is 6.18 Å². The van der Waals surface area contributed by atoms with Crippen LogP contribution in [0.25, 0.3) is 10.8 Å². The van der Waals surface area contributed by atoms with Crippen molar-refractivity contribution in [1.82, 2.24) is 9.88 Å². The minimum absolute atomic E-state index is 0.536. The first-order valence-corrected chi connectivity index (χ1v) is 9.00. The van der Waals surface area contributed by atoms with Crippen LogP contribution in [0.1, 0.15) is 16.7 Å². The Morgan fingerprint density at radius 2 is 1.85 bits per heavy atom. The summed E-state index contributed by atoms with van der Waals surface area (Å²) in [7, 11) is 0. The van der Waals surface area contributed by atoms with Gasteiger partial charge in [0.2, 0.25) is 0 Å². The number of rotatable bonds is 4. The molecular weight excluding hydrogens is 351 g/mol. The Kier molecular flexibility index (Phi) is 4.74. The smallest absolute Gasteiger partial charge is 0.368 e. The van der Waals surface area contributed by atoms with Crippen LogP contribution in [0, 0.1) is 0 Å². The summed E-state index contributed by atoms with van der Waals surface area (Å²) in [6.07, 6.45) is -1.75. The number of hydrogen-bond donors (Lipinski definition) is 1. The second-order valence-corrected chi connectivity index (χ2v) is 6.81. The molecule has 0 spiro atoms. The molecule has 0 saturated carbocycles. The normalized spacial score (nSPS) is 14.9. The maximum atomic E-state index is 12.9. The minimum Gasteiger partial charge on any atom is -0.368 e. The van der Waals surface area contributed by atoms with Crippen LogP contribution in [0.15, 0.2) is 54.7 Å². The average Bonchev–Trinajstić information content (AvgIpc) is 2.67. The molecule has 0 aliphatic carbocycles. The molecule has 1 aromatic heterocycles. The Hall–Kier alpha value is -2.60. The van der Waals surface area contributed by atoms with E-state index in [1.807, 2.05) is 0 Å². The number of aromatic nitrogens is 1. The van der Waals surface area contributed by atoms with Gasteiger partial charge in [0.1, 0.15) is 5.82 Å². The molecule has 0 unspecified atom stereocenters. The highest BCUT2D eigenvalue weighted by molar-refractivity contribution is 5.92. The molecule has 0 saturated heterocycles. The van der Waals surface area contributed by atoms with Gasteiger partial charge in [0.05, 0.1) is 5.56 Å². The van der Waals surface area contributed by atoms with E-state index in [0.29, 0.717) is 23.1 Å². The number of halogens is 3. The zero-order chi connectivity index (χ0) is 18.9. The van der Waals surface area contributed by atoms with Gasteiger partial charge in [-0.1, -0.05) is 30.3 Å². The van der Waals surface area contributed by atoms with Crippen LogP contribution >= 0.6 is 0 Å². The molecule has 1 N–H and O–H groups in total. The van der Waals surface area contributed by atoms with Crippen molar-refractivity contribution in [2.45, 2.75) is 19.1 Å². The summed E-state index contributed by atoms with van der Waals surface area (Å²) in [5.74, 6) is 0.624. The SMILES string of the molecule is FC(F)(F)c1ccc2c(NCCN3CCc4ccccc4C3)nccc2c1. The third-order valence-corrected chi connectivity index (χ3v) is 5.02. The molecule has 2 aromatic carbocycles.